The zero-order valence-corrected chi connectivity index (χ0v) is 11.0. The van der Waals surface area contributed by atoms with Gasteiger partial charge in [-0.1, -0.05) is 6.58 Å². The van der Waals surface area contributed by atoms with Gasteiger partial charge in [0, 0.05) is 6.08 Å². The highest BCUT2D eigenvalue weighted by atomic mass is 19.4. The van der Waals surface area contributed by atoms with Gasteiger partial charge in [0.25, 0.3) is 0 Å². The van der Waals surface area contributed by atoms with E-state index in [0.717, 1.165) is 6.92 Å². The van der Waals surface area contributed by atoms with Crippen LogP contribution in [0.4, 0.5) is 39.5 Å². The first-order chi connectivity index (χ1) is 9.63. The molecule has 0 aliphatic carbocycles. The molecular weight excluding hydrogens is 333 g/mol. The number of rotatable bonds is 5. The standard InChI is InChI=1S/C11H11F9NO/c1-3-7(22)21(4-2)5-6(21)8(12,13)9(14,15)10(16,17)11(18,19)20/h3,6H,1,4-5H2,2H3/q+1. The van der Waals surface area contributed by atoms with E-state index in [4.69, 9.17) is 0 Å². The Kier molecular flexibility index (Phi) is 4.16. The second kappa shape index (κ2) is 4.87. The minimum absolute atomic E-state index is 0.473. The molecule has 0 saturated carbocycles. The fourth-order valence-corrected chi connectivity index (χ4v) is 2.21. The van der Waals surface area contributed by atoms with Gasteiger partial charge in [-0.15, -0.1) is 0 Å². The summed E-state index contributed by atoms with van der Waals surface area (Å²) in [5.74, 6) is -20.5. The van der Waals surface area contributed by atoms with E-state index in [1.54, 1.807) is 0 Å². The van der Waals surface area contributed by atoms with Crippen molar-refractivity contribution in [2.45, 2.75) is 36.9 Å². The number of hydrogen-bond acceptors (Lipinski definition) is 1. The second-order valence-electron chi connectivity index (χ2n) is 4.86. The predicted octanol–water partition coefficient (Wildman–Crippen LogP) is 3.39. The second-order valence-corrected chi connectivity index (χ2v) is 4.86. The molecule has 0 aromatic carbocycles. The smallest absolute Gasteiger partial charge is 0.239 e. The first kappa shape index (κ1) is 18.8. The summed E-state index contributed by atoms with van der Waals surface area (Å²) in [4.78, 5) is 11.4. The van der Waals surface area contributed by atoms with Crippen molar-refractivity contribution in [3.63, 3.8) is 0 Å². The van der Waals surface area contributed by atoms with Crippen LogP contribution in [0.2, 0.25) is 0 Å². The summed E-state index contributed by atoms with van der Waals surface area (Å²) in [6, 6.07) is -2.67. The van der Waals surface area contributed by atoms with E-state index < -0.39 is 53.5 Å². The lowest BCUT2D eigenvalue weighted by Crippen LogP contribution is -2.64. The summed E-state index contributed by atoms with van der Waals surface area (Å²) >= 11 is 0. The van der Waals surface area contributed by atoms with Crippen LogP contribution in [-0.2, 0) is 4.79 Å². The van der Waals surface area contributed by atoms with E-state index in [-0.39, 0.29) is 0 Å². The number of quaternary nitrogens is 1. The molecule has 11 heteroatoms. The van der Waals surface area contributed by atoms with E-state index in [0.29, 0.717) is 6.08 Å². The van der Waals surface area contributed by atoms with Gasteiger partial charge in [-0.2, -0.15) is 39.5 Å². The molecule has 1 rings (SSSR count). The Morgan fingerprint density at radius 2 is 1.55 bits per heavy atom. The van der Waals surface area contributed by atoms with E-state index >= 15 is 0 Å². The summed E-state index contributed by atoms with van der Waals surface area (Å²) < 4.78 is 114. The molecule has 0 bridgehead atoms. The van der Waals surface area contributed by atoms with Gasteiger partial charge in [-0.25, -0.2) is 9.28 Å². The molecule has 1 aliphatic rings. The van der Waals surface area contributed by atoms with Crippen LogP contribution in [0.1, 0.15) is 6.92 Å². The maximum absolute atomic E-state index is 13.7. The van der Waals surface area contributed by atoms with Crippen molar-refractivity contribution in [2.24, 2.45) is 0 Å². The number of carbonyl (C=O) groups is 1. The van der Waals surface area contributed by atoms with Gasteiger partial charge in [-0.3, -0.25) is 0 Å². The van der Waals surface area contributed by atoms with Gasteiger partial charge in [-0.05, 0) is 6.92 Å². The third kappa shape index (κ3) is 2.20. The van der Waals surface area contributed by atoms with E-state index in [1.165, 1.54) is 0 Å². The highest BCUT2D eigenvalue weighted by molar-refractivity contribution is 5.82. The van der Waals surface area contributed by atoms with Gasteiger partial charge < -0.3 is 0 Å². The molecule has 0 radical (unpaired) electrons. The summed E-state index contributed by atoms with van der Waals surface area (Å²) in [7, 11) is 0. The average molecular weight is 344 g/mol. The van der Waals surface area contributed by atoms with Crippen molar-refractivity contribution in [1.82, 2.24) is 0 Å². The van der Waals surface area contributed by atoms with Gasteiger partial charge in [0.2, 0.25) is 6.04 Å². The molecule has 1 aliphatic heterocycles. The van der Waals surface area contributed by atoms with Crippen LogP contribution in [0.5, 0.6) is 0 Å². The maximum Gasteiger partial charge on any atom is 0.460 e. The highest BCUT2D eigenvalue weighted by Crippen LogP contribution is 2.58. The highest BCUT2D eigenvalue weighted by Gasteiger charge is 2.89. The van der Waals surface area contributed by atoms with Crippen LogP contribution < -0.4 is 0 Å². The molecule has 1 fully saturated rings. The molecule has 2 nitrogen and oxygen atoms in total. The van der Waals surface area contributed by atoms with Crippen molar-refractivity contribution in [2.75, 3.05) is 13.1 Å². The van der Waals surface area contributed by atoms with Crippen molar-refractivity contribution in [3.8, 4) is 0 Å². The van der Waals surface area contributed by atoms with Gasteiger partial charge in [0.1, 0.15) is 6.54 Å². The molecule has 1 heterocycles. The number of likely N-dealkylation sites (N-methyl/N-ethyl adjacent to an activating group) is 1. The third-order valence-electron chi connectivity index (χ3n) is 3.73. The molecule has 0 aromatic heterocycles. The van der Waals surface area contributed by atoms with Crippen LogP contribution in [0, 0.1) is 0 Å². The summed E-state index contributed by atoms with van der Waals surface area (Å²) in [5.41, 5.74) is 0. The van der Waals surface area contributed by atoms with Crippen molar-refractivity contribution < 1.29 is 48.8 Å². The quantitative estimate of drug-likeness (QED) is 0.323. The van der Waals surface area contributed by atoms with E-state index in [1.807, 2.05) is 0 Å². The number of hydrogen-bond donors (Lipinski definition) is 0. The number of amides is 1. The largest absolute Gasteiger partial charge is 0.460 e. The zero-order chi connectivity index (χ0) is 17.8. The maximum atomic E-state index is 13.7. The Hall–Kier alpha value is -1.26. The number of carbonyl (C=O) groups excluding carboxylic acids is 1. The van der Waals surface area contributed by atoms with Crippen molar-refractivity contribution in [1.29, 1.82) is 0 Å². The van der Waals surface area contributed by atoms with Gasteiger partial charge in [0.15, 0.2) is 0 Å². The minimum Gasteiger partial charge on any atom is -0.239 e. The van der Waals surface area contributed by atoms with Gasteiger partial charge in [0.05, 0.1) is 6.54 Å². The normalized spacial score (nSPS) is 26.7. The van der Waals surface area contributed by atoms with Gasteiger partial charge >= 0.3 is 29.9 Å². The Morgan fingerprint density at radius 1 is 1.09 bits per heavy atom. The Morgan fingerprint density at radius 3 is 1.86 bits per heavy atom. The van der Waals surface area contributed by atoms with Crippen LogP contribution in [-0.4, -0.2) is 53.5 Å². The average Bonchev–Trinajstić information content (AvgIpc) is 3.12. The summed E-state index contributed by atoms with van der Waals surface area (Å²) in [5, 5.41) is 0. The zero-order valence-electron chi connectivity index (χ0n) is 11.0. The topological polar surface area (TPSA) is 17.1 Å². The molecule has 22 heavy (non-hydrogen) atoms. The molecule has 1 saturated heterocycles. The fourth-order valence-electron chi connectivity index (χ4n) is 2.21. The van der Waals surface area contributed by atoms with Crippen molar-refractivity contribution in [3.05, 3.63) is 12.7 Å². The molecule has 0 spiro atoms. The van der Waals surface area contributed by atoms with Crippen LogP contribution in [0.15, 0.2) is 12.7 Å². The Balaban J connectivity index is 3.26. The lowest BCUT2D eigenvalue weighted by molar-refractivity contribution is -0.739. The summed E-state index contributed by atoms with van der Waals surface area (Å²) in [6.45, 7) is 2.64. The molecule has 0 N–H and O–H groups in total. The molecule has 2 atom stereocenters. The predicted molar refractivity (Wildman–Crippen MR) is 55.6 cm³/mol. The molecule has 128 valence electrons. The lowest BCUT2D eigenvalue weighted by atomic mass is 10.0. The monoisotopic (exact) mass is 344 g/mol. The number of halogens is 9. The van der Waals surface area contributed by atoms with Crippen molar-refractivity contribution >= 4 is 5.91 Å². The fraction of sp³-hybridized carbons (Fsp3) is 0.727. The lowest BCUT2D eigenvalue weighted by Gasteiger charge is -2.33. The van der Waals surface area contributed by atoms with Crippen LogP contribution in [0.25, 0.3) is 0 Å². The molecule has 0 aromatic rings. The van der Waals surface area contributed by atoms with Crippen LogP contribution >= 0.6 is 0 Å². The molecular formula is C11H11F9NO+. The molecule has 2 unspecified atom stereocenters. The number of nitrogens with zero attached hydrogens (tertiary/aromatic N) is 1. The Bertz CT molecular complexity index is 484. The van der Waals surface area contributed by atoms with E-state index in [2.05, 4.69) is 6.58 Å². The Labute approximate surface area is 118 Å². The van der Waals surface area contributed by atoms with E-state index in [9.17, 15) is 44.3 Å². The van der Waals surface area contributed by atoms with Crippen LogP contribution in [0.3, 0.4) is 0 Å². The summed E-state index contributed by atoms with van der Waals surface area (Å²) in [6.07, 6.45) is -6.33. The first-order valence-corrected chi connectivity index (χ1v) is 5.87. The SMILES string of the molecule is C=CC(=O)[N+]1(CC)CC1C(F)(F)C(F)(F)C(F)(F)C(F)(F)F. The minimum atomic E-state index is -6.94. The first-order valence-electron chi connectivity index (χ1n) is 5.87. The third-order valence-corrected chi connectivity index (χ3v) is 3.73. The molecule has 1 amide bonds. The number of alkyl halides is 9.